The van der Waals surface area contributed by atoms with E-state index in [0.717, 1.165) is 18.8 Å². The quantitative estimate of drug-likeness (QED) is 0.657. The maximum Gasteiger partial charge on any atom is 0.132 e. The van der Waals surface area contributed by atoms with Gasteiger partial charge in [0.2, 0.25) is 0 Å². The Morgan fingerprint density at radius 2 is 1.67 bits per heavy atom. The molecule has 0 aromatic carbocycles. The number of hydrogen-bond donors (Lipinski definition) is 0. The lowest BCUT2D eigenvalue weighted by molar-refractivity contribution is -0.118. The minimum Gasteiger partial charge on any atom is -0.300 e. The lowest BCUT2D eigenvalue weighted by Gasteiger charge is -2.18. The van der Waals surface area contributed by atoms with Gasteiger partial charge in [0.25, 0.3) is 0 Å². The highest BCUT2D eigenvalue weighted by molar-refractivity contribution is 5.77. The third kappa shape index (κ3) is 8.65. The molecule has 0 amide bonds. The van der Waals surface area contributed by atoms with Crippen molar-refractivity contribution in [2.45, 2.75) is 78.6 Å². The van der Waals surface area contributed by atoms with Crippen molar-refractivity contribution in [3.63, 3.8) is 0 Å². The number of carbonyl (C=O) groups is 1. The van der Waals surface area contributed by atoms with Crippen LogP contribution in [0.25, 0.3) is 0 Å². The Hall–Kier alpha value is -0.330. The van der Waals surface area contributed by atoms with Gasteiger partial charge >= 0.3 is 0 Å². The van der Waals surface area contributed by atoms with Crippen LogP contribution in [-0.2, 0) is 4.79 Å². The first-order chi connectivity index (χ1) is 7.24. The molecule has 0 aromatic rings. The molecule has 0 unspecified atom stereocenters. The molecule has 1 fully saturated rings. The highest BCUT2D eigenvalue weighted by Crippen LogP contribution is 2.25. The molecule has 0 atom stereocenters. The molecule has 1 aliphatic carbocycles. The zero-order chi connectivity index (χ0) is 11.5. The average molecular weight is 212 g/mol. The topological polar surface area (TPSA) is 17.1 Å². The molecule has 1 nitrogen and oxygen atoms in total. The molecule has 1 rings (SSSR count). The zero-order valence-corrected chi connectivity index (χ0v) is 10.8. The maximum absolute atomic E-state index is 10.4. The summed E-state index contributed by atoms with van der Waals surface area (Å²) in [6.07, 6.45) is 11.4. The predicted molar refractivity (Wildman–Crippen MR) is 67.1 cm³/mol. The smallest absolute Gasteiger partial charge is 0.132 e. The SMILES string of the molecule is CCC1CCCCC1.CCCC(=O)CC. The van der Waals surface area contributed by atoms with Crippen molar-refractivity contribution < 1.29 is 4.79 Å². The van der Waals surface area contributed by atoms with Crippen molar-refractivity contribution in [1.29, 1.82) is 0 Å². The largest absolute Gasteiger partial charge is 0.300 e. The normalized spacial score (nSPS) is 16.7. The molecule has 0 aromatic heterocycles. The van der Waals surface area contributed by atoms with E-state index in [4.69, 9.17) is 0 Å². The van der Waals surface area contributed by atoms with Gasteiger partial charge in [0.1, 0.15) is 5.78 Å². The first-order valence-electron chi connectivity index (χ1n) is 6.76. The fourth-order valence-corrected chi connectivity index (χ4v) is 2.05. The van der Waals surface area contributed by atoms with Gasteiger partial charge in [-0.25, -0.2) is 0 Å². The van der Waals surface area contributed by atoms with Gasteiger partial charge in [0.15, 0.2) is 0 Å². The van der Waals surface area contributed by atoms with E-state index in [0.29, 0.717) is 12.2 Å². The van der Waals surface area contributed by atoms with E-state index in [1.807, 2.05) is 13.8 Å². The molecule has 1 saturated carbocycles. The third-order valence-electron chi connectivity index (χ3n) is 3.23. The molecule has 0 N–H and O–H groups in total. The van der Waals surface area contributed by atoms with Crippen LogP contribution in [0.3, 0.4) is 0 Å². The minimum atomic E-state index is 0.377. The van der Waals surface area contributed by atoms with Crippen molar-refractivity contribution >= 4 is 5.78 Å². The second-order valence-corrected chi connectivity index (χ2v) is 4.55. The summed E-state index contributed by atoms with van der Waals surface area (Å²) in [4.78, 5) is 10.4. The average Bonchev–Trinajstić information content (AvgIpc) is 2.31. The molecule has 0 heterocycles. The molecular weight excluding hydrogens is 184 g/mol. The lowest BCUT2D eigenvalue weighted by Crippen LogP contribution is -2.03. The molecule has 0 radical (unpaired) electrons. The molecule has 0 spiro atoms. The Kier molecular flexibility index (Phi) is 9.97. The van der Waals surface area contributed by atoms with Crippen LogP contribution in [0.1, 0.15) is 78.6 Å². The molecule has 15 heavy (non-hydrogen) atoms. The van der Waals surface area contributed by atoms with Crippen molar-refractivity contribution in [3.05, 3.63) is 0 Å². The van der Waals surface area contributed by atoms with Gasteiger partial charge in [-0.1, -0.05) is 59.3 Å². The zero-order valence-electron chi connectivity index (χ0n) is 10.8. The fourth-order valence-electron chi connectivity index (χ4n) is 2.05. The number of Topliss-reactive ketones (excluding diaryl/α,β-unsaturated/α-hetero) is 1. The molecule has 90 valence electrons. The summed E-state index contributed by atoms with van der Waals surface area (Å²) in [6, 6.07) is 0. The minimum absolute atomic E-state index is 0.377. The van der Waals surface area contributed by atoms with Crippen LogP contribution in [0.5, 0.6) is 0 Å². The standard InChI is InChI=1S/C8H16.C6H12O/c1-2-8-6-4-3-5-7-8;1-3-5-6(7)4-2/h8H,2-7H2,1H3;3-5H2,1-2H3. The Morgan fingerprint density at radius 3 is 1.93 bits per heavy atom. The van der Waals surface area contributed by atoms with E-state index in [2.05, 4.69) is 6.92 Å². The molecule has 0 bridgehead atoms. The monoisotopic (exact) mass is 212 g/mol. The Bertz CT molecular complexity index is 145. The van der Waals surface area contributed by atoms with Gasteiger partial charge in [-0.15, -0.1) is 0 Å². The van der Waals surface area contributed by atoms with Gasteiger partial charge in [-0.3, -0.25) is 4.79 Å². The van der Waals surface area contributed by atoms with E-state index < -0.39 is 0 Å². The number of carbonyl (C=O) groups excluding carboxylic acids is 1. The molecule has 1 aliphatic rings. The van der Waals surface area contributed by atoms with Gasteiger partial charge in [-0.2, -0.15) is 0 Å². The van der Waals surface area contributed by atoms with Crippen LogP contribution in [0.4, 0.5) is 0 Å². The van der Waals surface area contributed by atoms with Crippen LogP contribution in [-0.4, -0.2) is 5.78 Å². The maximum atomic E-state index is 10.4. The summed E-state index contributed by atoms with van der Waals surface area (Å²) in [5, 5.41) is 0. The molecular formula is C14H28O. The van der Waals surface area contributed by atoms with Crippen LogP contribution < -0.4 is 0 Å². The van der Waals surface area contributed by atoms with Crippen molar-refractivity contribution in [3.8, 4) is 0 Å². The number of rotatable bonds is 4. The highest BCUT2D eigenvalue weighted by Gasteiger charge is 2.09. The molecule has 0 aliphatic heterocycles. The summed E-state index contributed by atoms with van der Waals surface area (Å²) in [5.74, 6) is 1.46. The second kappa shape index (κ2) is 10.2. The second-order valence-electron chi connectivity index (χ2n) is 4.55. The van der Waals surface area contributed by atoms with Crippen molar-refractivity contribution in [2.24, 2.45) is 5.92 Å². The van der Waals surface area contributed by atoms with Crippen LogP contribution in [0.15, 0.2) is 0 Å². The molecule has 0 saturated heterocycles. The third-order valence-corrected chi connectivity index (χ3v) is 3.23. The van der Waals surface area contributed by atoms with E-state index in [1.165, 1.54) is 38.5 Å². The predicted octanol–water partition coefficient (Wildman–Crippen LogP) is 4.74. The lowest BCUT2D eigenvalue weighted by atomic mass is 9.88. The Labute approximate surface area is 95.6 Å². The van der Waals surface area contributed by atoms with Crippen LogP contribution >= 0.6 is 0 Å². The van der Waals surface area contributed by atoms with E-state index in [1.54, 1.807) is 0 Å². The fraction of sp³-hybridized carbons (Fsp3) is 0.929. The van der Waals surface area contributed by atoms with E-state index in [-0.39, 0.29) is 0 Å². The Morgan fingerprint density at radius 1 is 1.07 bits per heavy atom. The molecule has 1 heteroatoms. The first-order valence-corrected chi connectivity index (χ1v) is 6.76. The number of hydrogen-bond acceptors (Lipinski definition) is 1. The van der Waals surface area contributed by atoms with Crippen LogP contribution in [0.2, 0.25) is 0 Å². The summed E-state index contributed by atoms with van der Waals surface area (Å²) in [5.41, 5.74) is 0. The van der Waals surface area contributed by atoms with E-state index >= 15 is 0 Å². The number of ketones is 1. The van der Waals surface area contributed by atoms with Gasteiger partial charge in [0.05, 0.1) is 0 Å². The Balaban J connectivity index is 0.000000265. The van der Waals surface area contributed by atoms with Crippen molar-refractivity contribution in [1.82, 2.24) is 0 Å². The van der Waals surface area contributed by atoms with Crippen molar-refractivity contribution in [2.75, 3.05) is 0 Å². The summed E-state index contributed by atoms with van der Waals surface area (Å²) < 4.78 is 0. The summed E-state index contributed by atoms with van der Waals surface area (Å²) >= 11 is 0. The van der Waals surface area contributed by atoms with Gasteiger partial charge in [-0.05, 0) is 12.3 Å². The van der Waals surface area contributed by atoms with Gasteiger partial charge in [0, 0.05) is 12.8 Å². The van der Waals surface area contributed by atoms with Crippen LogP contribution in [0, 0.1) is 5.92 Å². The summed E-state index contributed by atoms with van der Waals surface area (Å²) in [6.45, 7) is 6.24. The van der Waals surface area contributed by atoms with Gasteiger partial charge < -0.3 is 0 Å². The van der Waals surface area contributed by atoms with E-state index in [9.17, 15) is 4.79 Å². The first kappa shape index (κ1) is 14.7. The highest BCUT2D eigenvalue weighted by atomic mass is 16.1. The summed E-state index contributed by atoms with van der Waals surface area (Å²) in [7, 11) is 0.